The molecule has 1 aromatic rings. The third-order valence-corrected chi connectivity index (χ3v) is 6.25. The van der Waals surface area contributed by atoms with E-state index >= 15 is 0 Å². The molecule has 6 nitrogen and oxygen atoms in total. The molecule has 0 bridgehead atoms. The highest BCUT2D eigenvalue weighted by atomic mass is 16.5. The molecular formula is C24H36N2O4. The molecule has 0 aromatic heterocycles. The van der Waals surface area contributed by atoms with Crippen molar-refractivity contribution in [3.63, 3.8) is 0 Å². The third-order valence-electron chi connectivity index (χ3n) is 6.25. The zero-order valence-corrected chi connectivity index (χ0v) is 18.5. The number of likely N-dealkylation sites (tertiary alicyclic amines) is 2. The van der Waals surface area contributed by atoms with E-state index in [0.29, 0.717) is 13.2 Å². The molecule has 2 saturated heterocycles. The first-order valence-electron chi connectivity index (χ1n) is 11.4. The Bertz CT molecular complexity index is 616. The Morgan fingerprint density at radius 2 is 1.07 bits per heavy atom. The van der Waals surface area contributed by atoms with Gasteiger partial charge in [-0.3, -0.25) is 19.4 Å². The van der Waals surface area contributed by atoms with Gasteiger partial charge in [-0.05, 0) is 76.8 Å². The van der Waals surface area contributed by atoms with Gasteiger partial charge in [0.25, 0.3) is 0 Å². The molecule has 2 aliphatic rings. The lowest BCUT2D eigenvalue weighted by Crippen LogP contribution is -2.36. The van der Waals surface area contributed by atoms with Crippen LogP contribution in [0.15, 0.2) is 24.3 Å². The molecule has 6 heteroatoms. The quantitative estimate of drug-likeness (QED) is 0.607. The average molecular weight is 417 g/mol. The summed E-state index contributed by atoms with van der Waals surface area (Å²) in [6.07, 6.45) is 3.55. The molecule has 0 spiro atoms. The van der Waals surface area contributed by atoms with Gasteiger partial charge < -0.3 is 9.47 Å². The summed E-state index contributed by atoms with van der Waals surface area (Å²) in [4.78, 5) is 28.6. The standard InChI is InChI=1S/C24H36N2O4/c1-3-29-23(27)21-9-13-25(14-10-21)17-19-5-7-20(8-6-19)18-26-15-11-22(12-16-26)24(28)30-4-2/h5-8,21-22H,3-4,9-18H2,1-2H3. The molecule has 0 amide bonds. The van der Waals surface area contributed by atoms with Gasteiger partial charge in [-0.15, -0.1) is 0 Å². The highest BCUT2D eigenvalue weighted by molar-refractivity contribution is 5.72. The number of piperidine rings is 2. The zero-order chi connectivity index (χ0) is 21.3. The lowest BCUT2D eigenvalue weighted by molar-refractivity contribution is -0.150. The van der Waals surface area contributed by atoms with Crippen LogP contribution in [-0.2, 0) is 32.2 Å². The first-order chi connectivity index (χ1) is 14.6. The number of nitrogens with zero attached hydrogens (tertiary/aromatic N) is 2. The lowest BCUT2D eigenvalue weighted by Gasteiger charge is -2.31. The Labute approximate surface area is 180 Å². The number of carbonyl (C=O) groups excluding carboxylic acids is 2. The second kappa shape index (κ2) is 11.5. The number of esters is 2. The predicted molar refractivity (Wildman–Crippen MR) is 116 cm³/mol. The smallest absolute Gasteiger partial charge is 0.309 e. The van der Waals surface area contributed by atoms with Crippen LogP contribution in [-0.4, -0.2) is 61.1 Å². The zero-order valence-electron chi connectivity index (χ0n) is 18.5. The van der Waals surface area contributed by atoms with Crippen LogP contribution < -0.4 is 0 Å². The molecule has 30 heavy (non-hydrogen) atoms. The first-order valence-corrected chi connectivity index (χ1v) is 11.4. The van der Waals surface area contributed by atoms with Gasteiger partial charge in [0.05, 0.1) is 25.0 Å². The first kappa shape index (κ1) is 22.8. The number of ether oxygens (including phenoxy) is 2. The van der Waals surface area contributed by atoms with E-state index < -0.39 is 0 Å². The van der Waals surface area contributed by atoms with Crippen LogP contribution in [0.25, 0.3) is 0 Å². The minimum atomic E-state index is -0.0345. The number of carbonyl (C=O) groups is 2. The molecule has 0 saturated carbocycles. The van der Waals surface area contributed by atoms with Crippen LogP contribution in [0, 0.1) is 11.8 Å². The fourth-order valence-electron chi connectivity index (χ4n) is 4.44. The Balaban J connectivity index is 1.40. The van der Waals surface area contributed by atoms with E-state index in [4.69, 9.17) is 9.47 Å². The highest BCUT2D eigenvalue weighted by Gasteiger charge is 2.27. The van der Waals surface area contributed by atoms with Gasteiger partial charge in [-0.25, -0.2) is 0 Å². The van der Waals surface area contributed by atoms with E-state index in [9.17, 15) is 9.59 Å². The summed E-state index contributed by atoms with van der Waals surface area (Å²) < 4.78 is 10.3. The molecule has 166 valence electrons. The van der Waals surface area contributed by atoms with Crippen molar-refractivity contribution in [2.75, 3.05) is 39.4 Å². The van der Waals surface area contributed by atoms with Crippen molar-refractivity contribution in [1.29, 1.82) is 0 Å². The van der Waals surface area contributed by atoms with Crippen LogP contribution >= 0.6 is 0 Å². The molecule has 0 atom stereocenters. The van der Waals surface area contributed by atoms with Crippen molar-refractivity contribution in [1.82, 2.24) is 9.80 Å². The number of benzene rings is 1. The molecule has 3 rings (SSSR count). The predicted octanol–water partition coefficient (Wildman–Crippen LogP) is 3.24. The van der Waals surface area contributed by atoms with Crippen molar-refractivity contribution in [2.45, 2.75) is 52.6 Å². The van der Waals surface area contributed by atoms with Crippen molar-refractivity contribution < 1.29 is 19.1 Å². The second-order valence-corrected chi connectivity index (χ2v) is 8.42. The summed E-state index contributed by atoms with van der Waals surface area (Å²) >= 11 is 0. The lowest BCUT2D eigenvalue weighted by atomic mass is 9.96. The minimum Gasteiger partial charge on any atom is -0.466 e. The minimum absolute atomic E-state index is 0.0345. The van der Waals surface area contributed by atoms with Crippen LogP contribution in [0.5, 0.6) is 0 Å². The fourth-order valence-corrected chi connectivity index (χ4v) is 4.44. The average Bonchev–Trinajstić information content (AvgIpc) is 2.76. The number of hydrogen-bond acceptors (Lipinski definition) is 6. The molecule has 1 aromatic carbocycles. The van der Waals surface area contributed by atoms with E-state index in [2.05, 4.69) is 34.1 Å². The summed E-state index contributed by atoms with van der Waals surface area (Å²) in [7, 11) is 0. The Morgan fingerprint density at radius 3 is 1.37 bits per heavy atom. The van der Waals surface area contributed by atoms with E-state index in [-0.39, 0.29) is 23.8 Å². The van der Waals surface area contributed by atoms with E-state index in [1.54, 1.807) is 0 Å². The van der Waals surface area contributed by atoms with Crippen LogP contribution in [0.4, 0.5) is 0 Å². The van der Waals surface area contributed by atoms with E-state index in [0.717, 1.165) is 65.0 Å². The van der Waals surface area contributed by atoms with Gasteiger partial charge in [0, 0.05) is 13.1 Å². The molecule has 0 aliphatic carbocycles. The SMILES string of the molecule is CCOC(=O)C1CCN(Cc2ccc(CN3CCC(C(=O)OCC)CC3)cc2)CC1. The molecule has 0 unspecified atom stereocenters. The van der Waals surface area contributed by atoms with Crippen molar-refractivity contribution in [3.8, 4) is 0 Å². The van der Waals surface area contributed by atoms with Gasteiger partial charge in [-0.2, -0.15) is 0 Å². The van der Waals surface area contributed by atoms with Crippen LogP contribution in [0.1, 0.15) is 50.7 Å². The largest absolute Gasteiger partial charge is 0.466 e. The van der Waals surface area contributed by atoms with E-state index in [1.807, 2.05) is 13.8 Å². The molecule has 0 radical (unpaired) electrons. The summed E-state index contributed by atoms with van der Waals surface area (Å²) in [6, 6.07) is 8.88. The molecule has 2 heterocycles. The molecule has 0 N–H and O–H groups in total. The Kier molecular flexibility index (Phi) is 8.70. The second-order valence-electron chi connectivity index (χ2n) is 8.42. The maximum atomic E-state index is 11.9. The summed E-state index contributed by atoms with van der Waals surface area (Å²) in [6.45, 7) is 10.3. The number of hydrogen-bond donors (Lipinski definition) is 0. The van der Waals surface area contributed by atoms with Gasteiger partial charge in [-0.1, -0.05) is 24.3 Å². The van der Waals surface area contributed by atoms with Gasteiger partial charge in [0.1, 0.15) is 0 Å². The van der Waals surface area contributed by atoms with Gasteiger partial charge >= 0.3 is 11.9 Å². The Hall–Kier alpha value is -1.92. The topological polar surface area (TPSA) is 59.1 Å². The molecular weight excluding hydrogens is 380 g/mol. The van der Waals surface area contributed by atoms with E-state index in [1.165, 1.54) is 11.1 Å². The summed E-state index contributed by atoms with van der Waals surface area (Å²) in [5.41, 5.74) is 2.63. The monoisotopic (exact) mass is 416 g/mol. The maximum absolute atomic E-state index is 11.9. The van der Waals surface area contributed by atoms with Gasteiger partial charge in [0.15, 0.2) is 0 Å². The molecule has 2 aliphatic heterocycles. The highest BCUT2D eigenvalue weighted by Crippen LogP contribution is 2.22. The normalized spacial score (nSPS) is 19.5. The van der Waals surface area contributed by atoms with Crippen molar-refractivity contribution in [2.24, 2.45) is 11.8 Å². The summed E-state index contributed by atoms with van der Waals surface area (Å²) in [5, 5.41) is 0. The van der Waals surface area contributed by atoms with Crippen LogP contribution in [0.2, 0.25) is 0 Å². The number of rotatable bonds is 8. The van der Waals surface area contributed by atoms with Crippen LogP contribution in [0.3, 0.4) is 0 Å². The summed E-state index contributed by atoms with van der Waals surface area (Å²) in [5.74, 6) is 0.0636. The molecule has 2 fully saturated rings. The van der Waals surface area contributed by atoms with Gasteiger partial charge in [0.2, 0.25) is 0 Å². The fraction of sp³-hybridized carbons (Fsp3) is 0.667. The van der Waals surface area contributed by atoms with Crippen molar-refractivity contribution in [3.05, 3.63) is 35.4 Å². The maximum Gasteiger partial charge on any atom is 0.309 e. The third kappa shape index (κ3) is 6.54. The Morgan fingerprint density at radius 1 is 0.733 bits per heavy atom. The van der Waals surface area contributed by atoms with Crippen molar-refractivity contribution >= 4 is 11.9 Å².